The second kappa shape index (κ2) is 9.06. The molecule has 0 amide bonds. The maximum atomic E-state index is 9.68. The van der Waals surface area contributed by atoms with Gasteiger partial charge >= 0.3 is 0 Å². The van der Waals surface area contributed by atoms with E-state index in [9.17, 15) is 5.26 Å². The van der Waals surface area contributed by atoms with Gasteiger partial charge in [-0.2, -0.15) is 5.26 Å². The van der Waals surface area contributed by atoms with E-state index in [-0.39, 0.29) is 10.8 Å². The van der Waals surface area contributed by atoms with Gasteiger partial charge in [0.2, 0.25) is 0 Å². The lowest BCUT2D eigenvalue weighted by Gasteiger charge is -2.46. The quantitative estimate of drug-likeness (QED) is 0.399. The van der Waals surface area contributed by atoms with Crippen molar-refractivity contribution < 1.29 is 0 Å². The topological polar surface area (TPSA) is 54.5 Å². The Morgan fingerprint density at radius 1 is 0.935 bits per heavy atom. The molecule has 0 saturated heterocycles. The molecule has 4 nitrogen and oxygen atoms in total. The summed E-state index contributed by atoms with van der Waals surface area (Å²) < 4.78 is 2.12. The summed E-state index contributed by atoms with van der Waals surface area (Å²) in [7, 11) is 0. The lowest BCUT2D eigenvalue weighted by atomic mass is 9.58. The molecule has 4 heteroatoms. The van der Waals surface area contributed by atoms with Crippen molar-refractivity contribution in [1.29, 1.82) is 5.26 Å². The van der Waals surface area contributed by atoms with Crippen LogP contribution < -0.4 is 0 Å². The Morgan fingerprint density at radius 3 is 2.23 bits per heavy atom. The molecular formula is C27H34N4. The van der Waals surface area contributed by atoms with Gasteiger partial charge in [0, 0.05) is 11.3 Å². The summed E-state index contributed by atoms with van der Waals surface area (Å²) in [5, 5.41) is 18.7. The third-order valence-electron chi connectivity index (χ3n) is 6.94. The first-order chi connectivity index (χ1) is 14.8. The Kier molecular flexibility index (Phi) is 6.65. The van der Waals surface area contributed by atoms with Crippen molar-refractivity contribution in [1.82, 2.24) is 14.8 Å². The zero-order valence-electron chi connectivity index (χ0n) is 19.7. The molecule has 0 saturated carbocycles. The second-order valence-corrected chi connectivity index (χ2v) is 9.33. The maximum absolute atomic E-state index is 9.68. The monoisotopic (exact) mass is 414 g/mol. The summed E-state index contributed by atoms with van der Waals surface area (Å²) >= 11 is 0. The SMILES string of the molecule is CCCC(C)(C)C(C)(CCC)c1cc(C#N)ccc1-c1nnc(C)n1-c1ccccc1. The first kappa shape index (κ1) is 22.7. The van der Waals surface area contributed by atoms with Gasteiger partial charge in [0.05, 0.1) is 11.6 Å². The molecule has 3 aromatic rings. The van der Waals surface area contributed by atoms with Crippen molar-refractivity contribution in [2.45, 2.75) is 72.6 Å². The summed E-state index contributed by atoms with van der Waals surface area (Å²) in [6.07, 6.45) is 4.35. The summed E-state index contributed by atoms with van der Waals surface area (Å²) in [5.41, 5.74) is 3.94. The third kappa shape index (κ3) is 4.14. The fraction of sp³-hybridized carbons (Fsp3) is 0.444. The van der Waals surface area contributed by atoms with E-state index in [1.807, 2.05) is 31.2 Å². The smallest absolute Gasteiger partial charge is 0.168 e. The van der Waals surface area contributed by atoms with E-state index in [0.717, 1.165) is 48.6 Å². The van der Waals surface area contributed by atoms with Gasteiger partial charge in [0.25, 0.3) is 0 Å². The van der Waals surface area contributed by atoms with Crippen LogP contribution >= 0.6 is 0 Å². The summed E-state index contributed by atoms with van der Waals surface area (Å²) in [6, 6.07) is 18.6. The molecule has 0 fully saturated rings. The highest BCUT2D eigenvalue weighted by molar-refractivity contribution is 5.67. The van der Waals surface area contributed by atoms with Gasteiger partial charge in [-0.1, -0.05) is 65.7 Å². The van der Waals surface area contributed by atoms with Gasteiger partial charge in [0.15, 0.2) is 5.82 Å². The van der Waals surface area contributed by atoms with Crippen LogP contribution in [0.4, 0.5) is 0 Å². The Bertz CT molecular complexity index is 1070. The maximum Gasteiger partial charge on any atom is 0.168 e. The number of hydrogen-bond donors (Lipinski definition) is 0. The molecule has 1 atom stereocenters. The van der Waals surface area contributed by atoms with Crippen molar-refractivity contribution in [3.05, 3.63) is 65.5 Å². The molecule has 1 unspecified atom stereocenters. The number of rotatable bonds is 8. The van der Waals surface area contributed by atoms with Crippen LogP contribution in [0.25, 0.3) is 17.1 Å². The zero-order valence-corrected chi connectivity index (χ0v) is 19.7. The van der Waals surface area contributed by atoms with Crippen molar-refractivity contribution in [2.75, 3.05) is 0 Å². The van der Waals surface area contributed by atoms with Crippen LogP contribution in [0.5, 0.6) is 0 Å². The first-order valence-electron chi connectivity index (χ1n) is 11.3. The summed E-state index contributed by atoms with van der Waals surface area (Å²) in [5.74, 6) is 1.68. The van der Waals surface area contributed by atoms with E-state index in [0.29, 0.717) is 5.56 Å². The minimum absolute atomic E-state index is 0.0627. The van der Waals surface area contributed by atoms with Gasteiger partial charge < -0.3 is 0 Å². The fourth-order valence-electron chi connectivity index (χ4n) is 4.93. The van der Waals surface area contributed by atoms with Crippen LogP contribution in [-0.4, -0.2) is 14.8 Å². The predicted octanol–water partition coefficient (Wildman–Crippen LogP) is 7.00. The lowest BCUT2D eigenvalue weighted by Crippen LogP contribution is -2.40. The summed E-state index contributed by atoms with van der Waals surface area (Å²) in [4.78, 5) is 0. The standard InChI is InChI=1S/C27H34N4/c1-7-16-26(4,5)27(6,17-8-2)24-18-21(19-28)14-15-23(24)25-30-29-20(3)31(25)22-12-10-9-11-13-22/h9-15,18H,7-8,16-17H2,1-6H3. The minimum atomic E-state index is -0.110. The van der Waals surface area contributed by atoms with Gasteiger partial charge in [0.1, 0.15) is 5.82 Å². The molecule has 1 aromatic heterocycles. The van der Waals surface area contributed by atoms with E-state index in [2.05, 4.69) is 79.7 Å². The van der Waals surface area contributed by atoms with Crippen LogP contribution in [0.1, 0.15) is 77.3 Å². The highest BCUT2D eigenvalue weighted by Crippen LogP contribution is 2.50. The van der Waals surface area contributed by atoms with Crippen molar-refractivity contribution in [3.8, 4) is 23.1 Å². The number of benzene rings is 2. The Labute approximate surface area is 187 Å². The molecule has 162 valence electrons. The van der Waals surface area contributed by atoms with Crippen LogP contribution in [-0.2, 0) is 5.41 Å². The van der Waals surface area contributed by atoms with Gasteiger partial charge in [-0.05, 0) is 66.5 Å². The molecule has 1 heterocycles. The highest BCUT2D eigenvalue weighted by Gasteiger charge is 2.43. The van der Waals surface area contributed by atoms with Crippen molar-refractivity contribution in [3.63, 3.8) is 0 Å². The predicted molar refractivity (Wildman–Crippen MR) is 127 cm³/mol. The van der Waals surface area contributed by atoms with Crippen molar-refractivity contribution in [2.24, 2.45) is 5.41 Å². The van der Waals surface area contributed by atoms with Crippen molar-refractivity contribution >= 4 is 0 Å². The molecule has 0 N–H and O–H groups in total. The van der Waals surface area contributed by atoms with Crippen LogP contribution in [0.15, 0.2) is 48.5 Å². The molecule has 3 rings (SSSR count). The number of hydrogen-bond acceptors (Lipinski definition) is 3. The number of aromatic nitrogens is 3. The Balaban J connectivity index is 2.32. The molecule has 31 heavy (non-hydrogen) atoms. The molecule has 0 radical (unpaired) electrons. The van der Waals surface area contributed by atoms with Crippen LogP contribution in [0.3, 0.4) is 0 Å². The second-order valence-electron chi connectivity index (χ2n) is 9.33. The molecule has 0 aliphatic rings. The van der Waals surface area contributed by atoms with Gasteiger partial charge in [-0.15, -0.1) is 10.2 Å². The lowest BCUT2D eigenvalue weighted by molar-refractivity contribution is 0.148. The van der Waals surface area contributed by atoms with E-state index in [4.69, 9.17) is 0 Å². The Morgan fingerprint density at radius 2 is 1.61 bits per heavy atom. The molecule has 0 aliphatic carbocycles. The average Bonchev–Trinajstić information content (AvgIpc) is 3.15. The van der Waals surface area contributed by atoms with E-state index >= 15 is 0 Å². The fourth-order valence-corrected chi connectivity index (χ4v) is 4.93. The third-order valence-corrected chi connectivity index (χ3v) is 6.94. The van der Waals surface area contributed by atoms with Gasteiger partial charge in [-0.3, -0.25) is 4.57 Å². The molecule has 0 spiro atoms. The average molecular weight is 415 g/mol. The largest absolute Gasteiger partial charge is 0.279 e. The van der Waals surface area contributed by atoms with E-state index < -0.39 is 0 Å². The van der Waals surface area contributed by atoms with E-state index in [1.165, 1.54) is 5.56 Å². The number of nitriles is 1. The zero-order chi connectivity index (χ0) is 22.6. The van der Waals surface area contributed by atoms with Crippen LogP contribution in [0.2, 0.25) is 0 Å². The molecular weight excluding hydrogens is 380 g/mol. The first-order valence-corrected chi connectivity index (χ1v) is 11.3. The summed E-state index contributed by atoms with van der Waals surface area (Å²) in [6.45, 7) is 13.6. The number of para-hydroxylation sites is 1. The molecule has 2 aromatic carbocycles. The molecule has 0 bridgehead atoms. The van der Waals surface area contributed by atoms with Gasteiger partial charge in [-0.25, -0.2) is 0 Å². The Hall–Kier alpha value is -2.93. The number of nitrogens with zero attached hydrogens (tertiary/aromatic N) is 4. The highest BCUT2D eigenvalue weighted by atomic mass is 15.3. The van der Waals surface area contributed by atoms with E-state index in [1.54, 1.807) is 0 Å². The minimum Gasteiger partial charge on any atom is -0.279 e. The normalized spacial score (nSPS) is 13.6. The number of aryl methyl sites for hydroxylation is 1. The molecule has 0 aliphatic heterocycles. The van der Waals surface area contributed by atoms with Crippen LogP contribution in [0, 0.1) is 23.7 Å².